The van der Waals surface area contributed by atoms with E-state index in [0.717, 1.165) is 61.7 Å². The monoisotopic (exact) mass is 571 g/mol. The van der Waals surface area contributed by atoms with Crippen molar-refractivity contribution < 1.29 is 27.8 Å². The first-order chi connectivity index (χ1) is 20.3. The Labute approximate surface area is 243 Å². The van der Waals surface area contributed by atoms with Gasteiger partial charge in [-0.2, -0.15) is 0 Å². The Morgan fingerprint density at radius 3 is 2.21 bits per heavy atom. The van der Waals surface area contributed by atoms with Gasteiger partial charge in [0.2, 0.25) is 0 Å². The van der Waals surface area contributed by atoms with Gasteiger partial charge in [0.25, 0.3) is 11.8 Å². The lowest BCUT2D eigenvalue weighted by Crippen LogP contribution is -2.32. The third kappa shape index (κ3) is 6.58. The minimum absolute atomic E-state index is 0.206. The van der Waals surface area contributed by atoms with Gasteiger partial charge in [-0.1, -0.05) is 24.3 Å². The SMILES string of the molecule is COc1cc2c(cc1OC)CN(CCc1ccc(NC(=O)c3ccccc3NC(=O)c3ccc(F)cc3F)cc1)CC2. The zero-order chi connectivity index (χ0) is 29.6. The maximum atomic E-state index is 14.1. The number of hydrogen-bond acceptors (Lipinski definition) is 5. The lowest BCUT2D eigenvalue weighted by Gasteiger charge is -2.29. The van der Waals surface area contributed by atoms with Crippen molar-refractivity contribution in [3.63, 3.8) is 0 Å². The van der Waals surface area contributed by atoms with E-state index in [-0.39, 0.29) is 16.8 Å². The maximum absolute atomic E-state index is 14.1. The summed E-state index contributed by atoms with van der Waals surface area (Å²) < 4.78 is 38.2. The molecule has 42 heavy (non-hydrogen) atoms. The van der Waals surface area contributed by atoms with Crippen molar-refractivity contribution in [2.24, 2.45) is 0 Å². The van der Waals surface area contributed by atoms with Gasteiger partial charge in [-0.15, -0.1) is 0 Å². The van der Waals surface area contributed by atoms with Crippen molar-refractivity contribution in [2.45, 2.75) is 19.4 Å². The molecule has 0 aliphatic carbocycles. The molecule has 1 aliphatic heterocycles. The predicted octanol–water partition coefficient (Wildman–Crippen LogP) is 6.09. The minimum Gasteiger partial charge on any atom is -0.493 e. The molecule has 0 atom stereocenters. The molecular formula is C33H31F2N3O4. The molecule has 9 heteroatoms. The number of fused-ring (bicyclic) bond motifs is 1. The summed E-state index contributed by atoms with van der Waals surface area (Å²) in [6, 6.07) is 20.9. The number of ether oxygens (including phenoxy) is 2. The summed E-state index contributed by atoms with van der Waals surface area (Å²) in [6.07, 6.45) is 1.80. The Morgan fingerprint density at radius 2 is 1.50 bits per heavy atom. The van der Waals surface area contributed by atoms with Crippen molar-refractivity contribution in [3.8, 4) is 11.5 Å². The Morgan fingerprint density at radius 1 is 0.810 bits per heavy atom. The lowest BCUT2D eigenvalue weighted by molar-refractivity contribution is 0.102. The Bertz CT molecular complexity index is 1610. The molecule has 7 nitrogen and oxygen atoms in total. The van der Waals surface area contributed by atoms with Gasteiger partial charge >= 0.3 is 0 Å². The van der Waals surface area contributed by atoms with Gasteiger partial charge < -0.3 is 20.1 Å². The van der Waals surface area contributed by atoms with Crippen molar-refractivity contribution in [3.05, 3.63) is 118 Å². The van der Waals surface area contributed by atoms with E-state index in [1.807, 2.05) is 24.3 Å². The van der Waals surface area contributed by atoms with Gasteiger partial charge in [-0.25, -0.2) is 8.78 Å². The van der Waals surface area contributed by atoms with Crippen LogP contribution >= 0.6 is 0 Å². The third-order valence-corrected chi connectivity index (χ3v) is 7.32. The molecule has 0 saturated carbocycles. The number of carbonyl (C=O) groups excluding carboxylic acids is 2. The third-order valence-electron chi connectivity index (χ3n) is 7.32. The summed E-state index contributed by atoms with van der Waals surface area (Å²) in [5.41, 5.74) is 4.36. The van der Waals surface area contributed by atoms with Crippen LogP contribution in [0.3, 0.4) is 0 Å². The van der Waals surface area contributed by atoms with Crippen LogP contribution in [-0.4, -0.2) is 44.0 Å². The molecule has 4 aromatic rings. The number of hydrogen-bond donors (Lipinski definition) is 2. The number of amides is 2. The van der Waals surface area contributed by atoms with Crippen LogP contribution in [0.25, 0.3) is 0 Å². The van der Waals surface area contributed by atoms with Gasteiger partial charge in [0, 0.05) is 31.4 Å². The average Bonchev–Trinajstić information content (AvgIpc) is 3.00. The summed E-state index contributed by atoms with van der Waals surface area (Å²) in [4.78, 5) is 28.1. The number of nitrogens with zero attached hydrogens (tertiary/aromatic N) is 1. The maximum Gasteiger partial charge on any atom is 0.258 e. The highest BCUT2D eigenvalue weighted by Crippen LogP contribution is 2.33. The van der Waals surface area contributed by atoms with Gasteiger partial charge in [0.15, 0.2) is 11.5 Å². The normalized spacial score (nSPS) is 12.8. The molecule has 2 N–H and O–H groups in total. The van der Waals surface area contributed by atoms with E-state index >= 15 is 0 Å². The number of benzene rings is 4. The fourth-order valence-electron chi connectivity index (χ4n) is 5.03. The Kier molecular flexibility index (Phi) is 8.78. The Hall–Kier alpha value is -4.76. The van der Waals surface area contributed by atoms with E-state index < -0.39 is 23.4 Å². The van der Waals surface area contributed by atoms with Crippen LogP contribution in [0.1, 0.15) is 37.4 Å². The Balaban J connectivity index is 1.18. The van der Waals surface area contributed by atoms with Gasteiger partial charge in [-0.05, 0) is 78.1 Å². The minimum atomic E-state index is -0.986. The molecule has 0 fully saturated rings. The van der Waals surface area contributed by atoms with E-state index in [9.17, 15) is 18.4 Å². The predicted molar refractivity (Wildman–Crippen MR) is 157 cm³/mol. The molecule has 1 heterocycles. The molecule has 0 aromatic heterocycles. The molecule has 216 valence electrons. The molecule has 5 rings (SSSR count). The highest BCUT2D eigenvalue weighted by atomic mass is 19.1. The van der Waals surface area contributed by atoms with Crippen LogP contribution < -0.4 is 20.1 Å². The molecule has 0 unspecified atom stereocenters. The first kappa shape index (κ1) is 28.8. The second-order valence-electron chi connectivity index (χ2n) is 10.0. The standard InChI is InChI=1S/C33H31F2N3O4/c1-41-30-17-22-14-16-38(20-23(22)18-31(30)42-2)15-13-21-7-10-25(11-8-21)36-33(40)27-5-3-4-6-29(27)37-32(39)26-12-9-24(34)19-28(26)35/h3-12,17-19H,13-16,20H2,1-2H3,(H,36,40)(H,37,39). The quantitative estimate of drug-likeness (QED) is 0.254. The smallest absolute Gasteiger partial charge is 0.258 e. The van der Waals surface area contributed by atoms with Gasteiger partial charge in [0.1, 0.15) is 11.6 Å². The number of anilines is 2. The fourth-order valence-corrected chi connectivity index (χ4v) is 5.03. The molecule has 0 bridgehead atoms. The topological polar surface area (TPSA) is 79.9 Å². The fraction of sp³-hybridized carbons (Fsp3) is 0.212. The molecule has 4 aromatic carbocycles. The largest absolute Gasteiger partial charge is 0.493 e. The van der Waals surface area contributed by atoms with Crippen molar-refractivity contribution in [1.82, 2.24) is 4.90 Å². The summed E-state index contributed by atoms with van der Waals surface area (Å²) in [7, 11) is 3.29. The molecular weight excluding hydrogens is 540 g/mol. The lowest BCUT2D eigenvalue weighted by atomic mass is 9.98. The number of para-hydroxylation sites is 1. The highest BCUT2D eigenvalue weighted by Gasteiger charge is 2.20. The van der Waals surface area contributed by atoms with Crippen LogP contribution in [0.5, 0.6) is 11.5 Å². The molecule has 1 aliphatic rings. The first-order valence-electron chi connectivity index (χ1n) is 13.6. The van der Waals surface area contributed by atoms with Crippen LogP contribution in [0, 0.1) is 11.6 Å². The number of methoxy groups -OCH3 is 2. The van der Waals surface area contributed by atoms with Gasteiger partial charge in [-0.3, -0.25) is 14.5 Å². The molecule has 0 spiro atoms. The zero-order valence-corrected chi connectivity index (χ0v) is 23.4. The van der Waals surface area contributed by atoms with Crippen molar-refractivity contribution >= 4 is 23.2 Å². The van der Waals surface area contributed by atoms with E-state index in [1.165, 1.54) is 11.1 Å². The molecule has 0 radical (unpaired) electrons. The second-order valence-corrected chi connectivity index (χ2v) is 10.0. The van der Waals surface area contributed by atoms with Crippen LogP contribution in [0.2, 0.25) is 0 Å². The van der Waals surface area contributed by atoms with Crippen LogP contribution in [0.15, 0.2) is 78.9 Å². The van der Waals surface area contributed by atoms with E-state index in [1.54, 1.807) is 38.5 Å². The molecule has 0 saturated heterocycles. The van der Waals surface area contributed by atoms with Crippen molar-refractivity contribution in [2.75, 3.05) is 37.9 Å². The summed E-state index contributed by atoms with van der Waals surface area (Å²) in [5.74, 6) is -1.49. The zero-order valence-electron chi connectivity index (χ0n) is 23.4. The average molecular weight is 572 g/mol. The first-order valence-corrected chi connectivity index (χ1v) is 13.6. The highest BCUT2D eigenvalue weighted by molar-refractivity contribution is 6.12. The van der Waals surface area contributed by atoms with Crippen molar-refractivity contribution in [1.29, 1.82) is 0 Å². The number of rotatable bonds is 9. The summed E-state index contributed by atoms with van der Waals surface area (Å²) >= 11 is 0. The van der Waals surface area contributed by atoms with Crippen LogP contribution in [0.4, 0.5) is 20.2 Å². The summed E-state index contributed by atoms with van der Waals surface area (Å²) in [6.45, 7) is 2.69. The number of nitrogens with one attached hydrogen (secondary N) is 2. The summed E-state index contributed by atoms with van der Waals surface area (Å²) in [5, 5.41) is 5.40. The van der Waals surface area contributed by atoms with E-state index in [2.05, 4.69) is 27.7 Å². The van der Waals surface area contributed by atoms with E-state index in [0.29, 0.717) is 11.8 Å². The number of carbonyl (C=O) groups is 2. The van der Waals surface area contributed by atoms with Gasteiger partial charge in [0.05, 0.1) is 31.0 Å². The van der Waals surface area contributed by atoms with Crippen LogP contribution in [-0.2, 0) is 19.4 Å². The number of halogens is 2. The second kappa shape index (κ2) is 12.8. The van der Waals surface area contributed by atoms with E-state index in [4.69, 9.17) is 9.47 Å². The molecule has 2 amide bonds.